The van der Waals surface area contributed by atoms with Crippen molar-refractivity contribution in [2.75, 3.05) is 6.54 Å². The molecule has 5 unspecified atom stereocenters. The van der Waals surface area contributed by atoms with Gasteiger partial charge in [0.15, 0.2) is 0 Å². The maximum atomic E-state index is 12.7. The van der Waals surface area contributed by atoms with E-state index in [-0.39, 0.29) is 36.4 Å². The molecule has 1 aliphatic heterocycles. The minimum absolute atomic E-state index is 0.00190. The van der Waals surface area contributed by atoms with E-state index in [9.17, 15) is 9.59 Å². The SMILES string of the molecule is CCC(C)C1NC(=O)CN(C2CCC(CC)C2C)C1=O. The zero-order valence-corrected chi connectivity index (χ0v) is 13.2. The van der Waals surface area contributed by atoms with Crippen LogP contribution in [-0.2, 0) is 9.59 Å². The predicted octanol–water partition coefficient (Wildman–Crippen LogP) is 2.18. The maximum Gasteiger partial charge on any atom is 0.246 e. The Morgan fingerprint density at radius 3 is 2.55 bits per heavy atom. The molecule has 4 nitrogen and oxygen atoms in total. The molecule has 0 bridgehead atoms. The summed E-state index contributed by atoms with van der Waals surface area (Å²) >= 11 is 0. The summed E-state index contributed by atoms with van der Waals surface area (Å²) in [7, 11) is 0. The van der Waals surface area contributed by atoms with E-state index in [0.717, 1.165) is 12.8 Å². The molecule has 0 aromatic heterocycles. The molecule has 2 fully saturated rings. The third-order valence-electron chi connectivity index (χ3n) is 5.50. The molecule has 1 heterocycles. The molecule has 2 amide bonds. The van der Waals surface area contributed by atoms with Crippen LogP contribution in [-0.4, -0.2) is 35.3 Å². The fourth-order valence-electron chi connectivity index (χ4n) is 3.83. The maximum absolute atomic E-state index is 12.7. The highest BCUT2D eigenvalue weighted by atomic mass is 16.2. The van der Waals surface area contributed by atoms with Gasteiger partial charge < -0.3 is 10.2 Å². The van der Waals surface area contributed by atoms with Crippen LogP contribution in [0.1, 0.15) is 53.4 Å². The summed E-state index contributed by atoms with van der Waals surface area (Å²) in [5.41, 5.74) is 0. The first-order valence-corrected chi connectivity index (χ1v) is 8.09. The van der Waals surface area contributed by atoms with Crippen molar-refractivity contribution >= 4 is 11.8 Å². The predicted molar refractivity (Wildman–Crippen MR) is 79.1 cm³/mol. The van der Waals surface area contributed by atoms with Crippen LogP contribution in [0.2, 0.25) is 0 Å². The van der Waals surface area contributed by atoms with E-state index in [0.29, 0.717) is 11.8 Å². The van der Waals surface area contributed by atoms with Gasteiger partial charge >= 0.3 is 0 Å². The molecular formula is C16H28N2O2. The number of amides is 2. The van der Waals surface area contributed by atoms with E-state index in [4.69, 9.17) is 0 Å². The second-order valence-electron chi connectivity index (χ2n) is 6.57. The fourth-order valence-corrected chi connectivity index (χ4v) is 3.83. The second kappa shape index (κ2) is 6.15. The Hall–Kier alpha value is -1.06. The van der Waals surface area contributed by atoms with E-state index < -0.39 is 0 Å². The van der Waals surface area contributed by atoms with Gasteiger partial charge in [0.05, 0.1) is 6.54 Å². The van der Waals surface area contributed by atoms with Gasteiger partial charge in [-0.2, -0.15) is 0 Å². The van der Waals surface area contributed by atoms with Crippen molar-refractivity contribution in [3.8, 4) is 0 Å². The van der Waals surface area contributed by atoms with Crippen molar-refractivity contribution in [1.82, 2.24) is 10.2 Å². The van der Waals surface area contributed by atoms with E-state index in [1.165, 1.54) is 12.8 Å². The lowest BCUT2D eigenvalue weighted by atomic mass is 9.90. The highest BCUT2D eigenvalue weighted by Crippen LogP contribution is 2.37. The minimum atomic E-state index is -0.325. The van der Waals surface area contributed by atoms with Gasteiger partial charge in [-0.05, 0) is 30.6 Å². The van der Waals surface area contributed by atoms with Crippen molar-refractivity contribution in [2.45, 2.75) is 65.5 Å². The number of hydrogen-bond acceptors (Lipinski definition) is 2. The molecule has 114 valence electrons. The number of nitrogens with one attached hydrogen (secondary N) is 1. The third-order valence-corrected chi connectivity index (χ3v) is 5.50. The summed E-state index contributed by atoms with van der Waals surface area (Å²) in [6, 6.07) is -0.0702. The summed E-state index contributed by atoms with van der Waals surface area (Å²) < 4.78 is 0. The smallest absolute Gasteiger partial charge is 0.246 e. The lowest BCUT2D eigenvalue weighted by molar-refractivity contribution is -0.149. The molecule has 20 heavy (non-hydrogen) atoms. The van der Waals surface area contributed by atoms with Gasteiger partial charge in [0.25, 0.3) is 0 Å². The minimum Gasteiger partial charge on any atom is -0.342 e. The summed E-state index contributed by atoms with van der Waals surface area (Å²) in [5, 5.41) is 2.88. The van der Waals surface area contributed by atoms with Crippen molar-refractivity contribution < 1.29 is 9.59 Å². The van der Waals surface area contributed by atoms with Crippen molar-refractivity contribution in [2.24, 2.45) is 17.8 Å². The van der Waals surface area contributed by atoms with Crippen molar-refractivity contribution in [3.05, 3.63) is 0 Å². The second-order valence-corrected chi connectivity index (χ2v) is 6.57. The Kier molecular flexibility index (Phi) is 4.71. The first-order chi connectivity index (χ1) is 9.49. The molecule has 1 N–H and O–H groups in total. The number of rotatable bonds is 4. The largest absolute Gasteiger partial charge is 0.342 e. The van der Waals surface area contributed by atoms with Gasteiger partial charge in [0.1, 0.15) is 6.04 Å². The average molecular weight is 280 g/mol. The Morgan fingerprint density at radius 2 is 2.00 bits per heavy atom. The van der Waals surface area contributed by atoms with Crippen LogP contribution < -0.4 is 5.32 Å². The van der Waals surface area contributed by atoms with Crippen molar-refractivity contribution in [3.63, 3.8) is 0 Å². The summed E-state index contributed by atoms with van der Waals surface area (Å²) in [4.78, 5) is 26.5. The van der Waals surface area contributed by atoms with Gasteiger partial charge in [0.2, 0.25) is 11.8 Å². The number of carbonyl (C=O) groups is 2. The molecule has 4 heteroatoms. The zero-order valence-electron chi connectivity index (χ0n) is 13.2. The molecular weight excluding hydrogens is 252 g/mol. The number of piperazine rings is 1. The molecule has 2 rings (SSSR count). The molecule has 1 saturated heterocycles. The summed E-state index contributed by atoms with van der Waals surface area (Å²) in [6.07, 6.45) is 4.30. The molecule has 5 atom stereocenters. The van der Waals surface area contributed by atoms with Gasteiger partial charge in [-0.1, -0.05) is 40.5 Å². The fraction of sp³-hybridized carbons (Fsp3) is 0.875. The highest BCUT2D eigenvalue weighted by molar-refractivity contribution is 5.95. The molecule has 0 aromatic carbocycles. The lowest BCUT2D eigenvalue weighted by Gasteiger charge is -2.40. The molecule has 1 aliphatic carbocycles. The Balaban J connectivity index is 2.14. The van der Waals surface area contributed by atoms with Crippen LogP contribution >= 0.6 is 0 Å². The molecule has 0 aromatic rings. The Bertz CT molecular complexity index is 383. The van der Waals surface area contributed by atoms with Gasteiger partial charge in [-0.25, -0.2) is 0 Å². The Labute approximate surface area is 122 Å². The van der Waals surface area contributed by atoms with Gasteiger partial charge in [-0.15, -0.1) is 0 Å². The molecule has 1 saturated carbocycles. The zero-order chi connectivity index (χ0) is 14.9. The highest BCUT2D eigenvalue weighted by Gasteiger charge is 2.43. The van der Waals surface area contributed by atoms with Crippen LogP contribution in [0.3, 0.4) is 0 Å². The molecule has 0 spiro atoms. The van der Waals surface area contributed by atoms with Crippen molar-refractivity contribution in [1.29, 1.82) is 0 Å². The van der Waals surface area contributed by atoms with Gasteiger partial charge in [-0.3, -0.25) is 9.59 Å². The Morgan fingerprint density at radius 1 is 1.30 bits per heavy atom. The van der Waals surface area contributed by atoms with E-state index in [2.05, 4.69) is 26.1 Å². The molecule has 0 radical (unpaired) electrons. The van der Waals surface area contributed by atoms with Gasteiger partial charge in [0, 0.05) is 6.04 Å². The third kappa shape index (κ3) is 2.70. The lowest BCUT2D eigenvalue weighted by Crippen LogP contribution is -2.62. The summed E-state index contributed by atoms with van der Waals surface area (Å²) in [6.45, 7) is 8.81. The van der Waals surface area contributed by atoms with E-state index >= 15 is 0 Å². The van der Waals surface area contributed by atoms with E-state index in [1.807, 2.05) is 11.8 Å². The van der Waals surface area contributed by atoms with Crippen LogP contribution in [0, 0.1) is 17.8 Å². The first kappa shape index (κ1) is 15.3. The number of carbonyl (C=O) groups excluding carboxylic acids is 2. The quantitative estimate of drug-likeness (QED) is 0.858. The number of hydrogen-bond donors (Lipinski definition) is 1. The normalized spacial score (nSPS) is 36.1. The number of nitrogens with zero attached hydrogens (tertiary/aromatic N) is 1. The first-order valence-electron chi connectivity index (χ1n) is 8.09. The summed E-state index contributed by atoms with van der Waals surface area (Å²) in [5.74, 6) is 1.54. The van der Waals surface area contributed by atoms with Crippen LogP contribution in [0.15, 0.2) is 0 Å². The monoisotopic (exact) mass is 280 g/mol. The van der Waals surface area contributed by atoms with E-state index in [1.54, 1.807) is 0 Å². The van der Waals surface area contributed by atoms with Crippen LogP contribution in [0.5, 0.6) is 0 Å². The topological polar surface area (TPSA) is 49.4 Å². The van der Waals surface area contributed by atoms with Crippen LogP contribution in [0.25, 0.3) is 0 Å². The average Bonchev–Trinajstić information content (AvgIpc) is 2.81. The van der Waals surface area contributed by atoms with Crippen LogP contribution in [0.4, 0.5) is 0 Å². The standard InChI is InChI=1S/C16H28N2O2/c1-5-10(3)15-16(20)18(9-14(19)17-15)13-8-7-12(6-2)11(13)4/h10-13,15H,5-9H2,1-4H3,(H,17,19). The molecule has 2 aliphatic rings.